The van der Waals surface area contributed by atoms with Crippen LogP contribution < -0.4 is 0 Å². The first-order valence-electron chi connectivity index (χ1n) is 3.27. The molecule has 0 aromatic carbocycles. The summed E-state index contributed by atoms with van der Waals surface area (Å²) in [5.74, 6) is 0.829. The van der Waals surface area contributed by atoms with Crippen LogP contribution in [0.1, 0.15) is 19.3 Å². The number of rotatable bonds is 0. The lowest BCUT2D eigenvalue weighted by atomic mass is 9.83. The molecular weight excluding hydrogens is 96.1 g/mol. The first-order chi connectivity index (χ1) is 3.88. The van der Waals surface area contributed by atoms with E-state index >= 15 is 0 Å². The Kier molecular flexibility index (Phi) is 0.682. The SMILES string of the molecule is C=C1C=C2CCCC12. The van der Waals surface area contributed by atoms with Gasteiger partial charge in [0.05, 0.1) is 0 Å². The zero-order chi connectivity index (χ0) is 5.56. The van der Waals surface area contributed by atoms with Crippen molar-refractivity contribution in [3.05, 3.63) is 23.8 Å². The van der Waals surface area contributed by atoms with Gasteiger partial charge in [-0.05, 0) is 24.8 Å². The van der Waals surface area contributed by atoms with Gasteiger partial charge in [-0.1, -0.05) is 18.2 Å². The molecule has 8 heavy (non-hydrogen) atoms. The molecule has 0 spiro atoms. The maximum absolute atomic E-state index is 3.93. The molecule has 0 bridgehead atoms. The highest BCUT2D eigenvalue weighted by molar-refractivity contribution is 5.42. The highest BCUT2D eigenvalue weighted by Gasteiger charge is 2.28. The Labute approximate surface area is 49.9 Å². The van der Waals surface area contributed by atoms with Gasteiger partial charge < -0.3 is 0 Å². The van der Waals surface area contributed by atoms with E-state index in [4.69, 9.17) is 0 Å². The van der Waals surface area contributed by atoms with Gasteiger partial charge in [-0.25, -0.2) is 0 Å². The van der Waals surface area contributed by atoms with E-state index in [-0.39, 0.29) is 0 Å². The molecule has 2 rings (SSSR count). The van der Waals surface area contributed by atoms with Crippen molar-refractivity contribution >= 4 is 0 Å². The van der Waals surface area contributed by atoms with Gasteiger partial charge in [0, 0.05) is 5.92 Å². The van der Waals surface area contributed by atoms with Crippen molar-refractivity contribution in [2.45, 2.75) is 19.3 Å². The van der Waals surface area contributed by atoms with Crippen molar-refractivity contribution < 1.29 is 0 Å². The Hall–Kier alpha value is -0.520. The van der Waals surface area contributed by atoms with Crippen LogP contribution in [0, 0.1) is 5.92 Å². The summed E-state index contributed by atoms with van der Waals surface area (Å²) in [7, 11) is 0. The van der Waals surface area contributed by atoms with Crippen LogP contribution in [-0.4, -0.2) is 0 Å². The van der Waals surface area contributed by atoms with Gasteiger partial charge in [-0.3, -0.25) is 0 Å². The molecule has 0 amide bonds. The Balaban J connectivity index is 2.32. The first kappa shape index (κ1) is 4.37. The summed E-state index contributed by atoms with van der Waals surface area (Å²) in [4.78, 5) is 0. The molecule has 0 nitrogen and oxygen atoms in total. The van der Waals surface area contributed by atoms with Crippen molar-refractivity contribution in [2.75, 3.05) is 0 Å². The van der Waals surface area contributed by atoms with E-state index in [1.165, 1.54) is 24.8 Å². The van der Waals surface area contributed by atoms with E-state index in [1.54, 1.807) is 5.57 Å². The lowest BCUT2D eigenvalue weighted by molar-refractivity contribution is 0.709. The highest BCUT2D eigenvalue weighted by Crippen LogP contribution is 2.43. The van der Waals surface area contributed by atoms with E-state index in [9.17, 15) is 0 Å². The molecule has 1 unspecified atom stereocenters. The van der Waals surface area contributed by atoms with Crippen LogP contribution in [0.4, 0.5) is 0 Å². The second-order valence-corrected chi connectivity index (χ2v) is 2.74. The van der Waals surface area contributed by atoms with Crippen LogP contribution in [-0.2, 0) is 0 Å². The third kappa shape index (κ3) is 0.360. The predicted molar refractivity (Wildman–Crippen MR) is 34.6 cm³/mol. The van der Waals surface area contributed by atoms with Crippen LogP contribution in [0.15, 0.2) is 23.8 Å². The highest BCUT2D eigenvalue weighted by atomic mass is 14.3. The fourth-order valence-corrected chi connectivity index (χ4v) is 1.71. The third-order valence-electron chi connectivity index (χ3n) is 2.22. The van der Waals surface area contributed by atoms with Crippen LogP contribution in [0.5, 0.6) is 0 Å². The molecule has 2 aliphatic rings. The fourth-order valence-electron chi connectivity index (χ4n) is 1.71. The Morgan fingerprint density at radius 1 is 1.62 bits per heavy atom. The largest absolute Gasteiger partial charge is 0.0952 e. The molecule has 1 atom stereocenters. The summed E-state index contributed by atoms with van der Waals surface area (Å²) in [6.45, 7) is 3.93. The van der Waals surface area contributed by atoms with E-state index in [1.807, 2.05) is 0 Å². The summed E-state index contributed by atoms with van der Waals surface area (Å²) in [5.41, 5.74) is 3.03. The molecule has 0 saturated heterocycles. The fraction of sp³-hybridized carbons (Fsp3) is 0.500. The zero-order valence-corrected chi connectivity index (χ0v) is 4.98. The summed E-state index contributed by atoms with van der Waals surface area (Å²) in [5, 5.41) is 0. The van der Waals surface area contributed by atoms with Crippen molar-refractivity contribution in [2.24, 2.45) is 5.92 Å². The average molecular weight is 106 g/mol. The summed E-state index contributed by atoms with van der Waals surface area (Å²) in [6, 6.07) is 0. The van der Waals surface area contributed by atoms with Crippen LogP contribution in [0.2, 0.25) is 0 Å². The van der Waals surface area contributed by atoms with Crippen molar-refractivity contribution in [1.29, 1.82) is 0 Å². The number of allylic oxidation sites excluding steroid dienone is 3. The number of hydrogen-bond donors (Lipinski definition) is 0. The second-order valence-electron chi connectivity index (χ2n) is 2.74. The Morgan fingerprint density at radius 2 is 2.50 bits per heavy atom. The monoisotopic (exact) mass is 106 g/mol. The van der Waals surface area contributed by atoms with Crippen LogP contribution >= 0.6 is 0 Å². The molecular formula is C8H10. The molecule has 0 aromatic rings. The summed E-state index contributed by atoms with van der Waals surface area (Å²) < 4.78 is 0. The first-order valence-corrected chi connectivity index (χ1v) is 3.27. The van der Waals surface area contributed by atoms with Gasteiger partial charge in [0.15, 0.2) is 0 Å². The summed E-state index contributed by atoms with van der Waals surface area (Å²) >= 11 is 0. The van der Waals surface area contributed by atoms with E-state index in [2.05, 4.69) is 12.7 Å². The minimum atomic E-state index is 0.829. The molecule has 1 fully saturated rings. The smallest absolute Gasteiger partial charge is 0.00456 e. The van der Waals surface area contributed by atoms with E-state index in [0.717, 1.165) is 5.92 Å². The van der Waals surface area contributed by atoms with Crippen molar-refractivity contribution in [1.82, 2.24) is 0 Å². The van der Waals surface area contributed by atoms with E-state index < -0.39 is 0 Å². The van der Waals surface area contributed by atoms with Gasteiger partial charge in [0.25, 0.3) is 0 Å². The second kappa shape index (κ2) is 1.25. The third-order valence-corrected chi connectivity index (χ3v) is 2.22. The standard InChI is InChI=1S/C8H10/c1-6-5-7-3-2-4-8(6)7/h5,8H,1-4H2. The predicted octanol–water partition coefficient (Wildman–Crippen LogP) is 2.28. The van der Waals surface area contributed by atoms with Gasteiger partial charge in [-0.15, -0.1) is 0 Å². The van der Waals surface area contributed by atoms with Crippen molar-refractivity contribution in [3.8, 4) is 0 Å². The van der Waals surface area contributed by atoms with Crippen LogP contribution in [0.3, 0.4) is 0 Å². The average Bonchev–Trinajstić information content (AvgIpc) is 2.09. The Morgan fingerprint density at radius 3 is 3.00 bits per heavy atom. The van der Waals surface area contributed by atoms with Gasteiger partial charge in [0.1, 0.15) is 0 Å². The van der Waals surface area contributed by atoms with Gasteiger partial charge in [-0.2, -0.15) is 0 Å². The van der Waals surface area contributed by atoms with Gasteiger partial charge >= 0.3 is 0 Å². The topological polar surface area (TPSA) is 0 Å². The van der Waals surface area contributed by atoms with E-state index in [0.29, 0.717) is 0 Å². The minimum absolute atomic E-state index is 0.829. The maximum Gasteiger partial charge on any atom is 0.00456 e. The van der Waals surface area contributed by atoms with Crippen molar-refractivity contribution in [3.63, 3.8) is 0 Å². The molecule has 42 valence electrons. The normalized spacial score (nSPS) is 33.8. The molecule has 1 saturated carbocycles. The molecule has 0 heteroatoms. The molecule has 0 radical (unpaired) electrons. The summed E-state index contributed by atoms with van der Waals surface area (Å²) in [6.07, 6.45) is 6.38. The number of fused-ring (bicyclic) bond motifs is 1. The minimum Gasteiger partial charge on any atom is -0.0952 e. The molecule has 0 aliphatic heterocycles. The molecule has 0 N–H and O–H groups in total. The zero-order valence-electron chi connectivity index (χ0n) is 4.98. The number of hydrogen-bond acceptors (Lipinski definition) is 0. The van der Waals surface area contributed by atoms with Gasteiger partial charge in [0.2, 0.25) is 0 Å². The lowest BCUT2D eigenvalue weighted by Gasteiger charge is -2.21. The van der Waals surface area contributed by atoms with Crippen LogP contribution in [0.25, 0.3) is 0 Å². The lowest BCUT2D eigenvalue weighted by Crippen LogP contribution is -2.07. The maximum atomic E-state index is 3.93. The molecule has 2 aliphatic carbocycles. The molecule has 0 heterocycles. The quantitative estimate of drug-likeness (QED) is 0.444. The Bertz CT molecular complexity index is 163. The molecule has 0 aromatic heterocycles.